The van der Waals surface area contributed by atoms with E-state index in [1.165, 1.54) is 0 Å². The molecule has 1 aliphatic rings. The van der Waals surface area contributed by atoms with Gasteiger partial charge in [0.05, 0.1) is 18.8 Å². The molecule has 1 heterocycles. The molecule has 1 aromatic rings. The summed E-state index contributed by atoms with van der Waals surface area (Å²) in [6.07, 6.45) is -2.03. The Morgan fingerprint density at radius 1 is 1.04 bits per heavy atom. The number of nitrogens with two attached hydrogens (primary N) is 1. The Kier molecular flexibility index (Phi) is 18.1. The van der Waals surface area contributed by atoms with Gasteiger partial charge in [-0.05, 0) is 74.6 Å². The zero-order valence-electron chi connectivity index (χ0n) is 28.8. The van der Waals surface area contributed by atoms with Crippen molar-refractivity contribution in [2.75, 3.05) is 18.5 Å². The number of ether oxygens (including phenoxy) is 2. The number of rotatable bonds is 16. The van der Waals surface area contributed by atoms with E-state index in [1.807, 2.05) is 27.7 Å². The zero-order chi connectivity index (χ0) is 36.6. The molecule has 4 atom stereocenters. The summed E-state index contributed by atoms with van der Waals surface area (Å²) in [6, 6.07) is 4.00. The molecule has 48 heavy (non-hydrogen) atoms. The summed E-state index contributed by atoms with van der Waals surface area (Å²) in [5, 5.41) is 44.5. The lowest BCUT2D eigenvalue weighted by Crippen LogP contribution is -2.51. The number of aliphatic hydroxyl groups excluding tert-OH is 2. The molecule has 2 rings (SSSR count). The second-order valence-electron chi connectivity index (χ2n) is 13.4. The molecule has 1 saturated heterocycles. The average molecular weight is 683 g/mol. The van der Waals surface area contributed by atoms with Crippen molar-refractivity contribution in [3.8, 4) is 0 Å². The van der Waals surface area contributed by atoms with Gasteiger partial charge in [-0.25, -0.2) is 9.59 Å². The van der Waals surface area contributed by atoms with Gasteiger partial charge < -0.3 is 51.6 Å². The van der Waals surface area contributed by atoms with E-state index in [0.29, 0.717) is 36.1 Å². The lowest BCUT2D eigenvalue weighted by Gasteiger charge is -2.31. The van der Waals surface area contributed by atoms with Gasteiger partial charge in [0, 0.05) is 30.7 Å². The van der Waals surface area contributed by atoms with E-state index in [0.717, 1.165) is 0 Å². The van der Waals surface area contributed by atoms with Crippen LogP contribution < -0.4 is 21.7 Å². The normalized spacial score (nSPS) is 18.3. The Morgan fingerprint density at radius 3 is 2.23 bits per heavy atom. The summed E-state index contributed by atoms with van der Waals surface area (Å²) in [6.45, 7) is 10.8. The highest BCUT2D eigenvalue weighted by molar-refractivity contribution is 5.96. The van der Waals surface area contributed by atoms with Gasteiger partial charge in [0.25, 0.3) is 0 Å². The van der Waals surface area contributed by atoms with Crippen molar-refractivity contribution in [1.82, 2.24) is 10.6 Å². The average Bonchev–Trinajstić information content (AvgIpc) is 2.96. The molecule has 1 fully saturated rings. The molecule has 0 aliphatic carbocycles. The number of aliphatic carboxylic acids is 1. The molecule has 9 N–H and O–H groups in total. The first-order valence-corrected chi connectivity index (χ1v) is 16.1. The number of carbonyl (C=O) groups excluding carboxylic acids is 3. The van der Waals surface area contributed by atoms with Crippen LogP contribution in [0.2, 0.25) is 0 Å². The van der Waals surface area contributed by atoms with E-state index in [-0.39, 0.29) is 62.3 Å². The molecule has 3 amide bonds. The molecule has 1 aromatic carbocycles. The van der Waals surface area contributed by atoms with Crippen molar-refractivity contribution >= 4 is 35.5 Å². The number of benzene rings is 1. The van der Waals surface area contributed by atoms with Gasteiger partial charge in [0.2, 0.25) is 17.7 Å². The van der Waals surface area contributed by atoms with Crippen LogP contribution in [0.3, 0.4) is 0 Å². The number of aliphatic hydroxyl groups is 2. The second-order valence-corrected chi connectivity index (χ2v) is 13.4. The predicted octanol–water partition coefficient (Wildman–Crippen LogP) is 2.15. The first-order valence-electron chi connectivity index (χ1n) is 16.1. The minimum Gasteiger partial charge on any atom is -0.479 e. The maximum atomic E-state index is 12.7. The zero-order valence-corrected chi connectivity index (χ0v) is 28.8. The topological polar surface area (TPSA) is 247 Å². The molecule has 0 saturated carbocycles. The van der Waals surface area contributed by atoms with Gasteiger partial charge in [0.15, 0.2) is 6.10 Å². The van der Waals surface area contributed by atoms with Crippen LogP contribution in [-0.2, 0) is 41.7 Å². The molecule has 1 aliphatic heterocycles. The number of anilines is 1. The van der Waals surface area contributed by atoms with Crippen molar-refractivity contribution < 1.29 is 53.9 Å². The van der Waals surface area contributed by atoms with Gasteiger partial charge >= 0.3 is 12.1 Å². The summed E-state index contributed by atoms with van der Waals surface area (Å²) < 4.78 is 10.3. The number of hydrogen-bond donors (Lipinski definition) is 8. The molecule has 0 spiro atoms. The standard InChI is InChI=1S/C28H41N3O10.C5H13NO/c1-15(2)9-23(33)31-25(16(3)4)26(35)29-13-24(34)30-19-7-5-18(14-40-28(38)39)17(10-19)6-8-21-11-20(32)12-22(41-21)27(36)37;1-5(2,6)3-4-7/h5,7,10,15-16,20-22,25,32H,6,8-9,11-14H2,1-4H3,(H,29,35)(H,30,34)(H,31,33)(H,36,37)(H,38,39);7H,3-4,6H2,1-2H3. The van der Waals surface area contributed by atoms with Crippen molar-refractivity contribution in [2.45, 2.75) is 117 Å². The fourth-order valence-corrected chi connectivity index (χ4v) is 4.78. The van der Waals surface area contributed by atoms with Gasteiger partial charge in [-0.1, -0.05) is 33.8 Å². The third-order valence-corrected chi connectivity index (χ3v) is 7.27. The maximum Gasteiger partial charge on any atom is 0.506 e. The number of amides is 3. The number of aryl methyl sites for hydroxylation is 1. The molecule has 0 aromatic heterocycles. The monoisotopic (exact) mass is 682 g/mol. The van der Waals surface area contributed by atoms with Crippen LogP contribution in [0.1, 0.15) is 84.8 Å². The maximum absolute atomic E-state index is 12.7. The molecule has 15 heteroatoms. The van der Waals surface area contributed by atoms with Gasteiger partial charge in [-0.2, -0.15) is 0 Å². The van der Waals surface area contributed by atoms with Crippen molar-refractivity contribution in [1.29, 1.82) is 0 Å². The fourth-order valence-electron chi connectivity index (χ4n) is 4.78. The van der Waals surface area contributed by atoms with Crippen molar-refractivity contribution in [2.24, 2.45) is 17.6 Å². The molecule has 0 bridgehead atoms. The second kappa shape index (κ2) is 20.5. The lowest BCUT2D eigenvalue weighted by atomic mass is 9.94. The van der Waals surface area contributed by atoms with Crippen LogP contribution in [0.4, 0.5) is 10.5 Å². The Balaban J connectivity index is 0.00000148. The van der Waals surface area contributed by atoms with Crippen LogP contribution in [-0.4, -0.2) is 93.3 Å². The van der Waals surface area contributed by atoms with Crippen LogP contribution in [0, 0.1) is 11.8 Å². The Morgan fingerprint density at radius 2 is 1.71 bits per heavy atom. The smallest absolute Gasteiger partial charge is 0.479 e. The van der Waals surface area contributed by atoms with E-state index in [9.17, 15) is 34.2 Å². The van der Waals surface area contributed by atoms with E-state index >= 15 is 0 Å². The van der Waals surface area contributed by atoms with Crippen LogP contribution >= 0.6 is 0 Å². The first kappa shape index (κ1) is 42.2. The van der Waals surface area contributed by atoms with E-state index in [1.54, 1.807) is 32.0 Å². The number of hydrogen-bond acceptors (Lipinski definition) is 10. The summed E-state index contributed by atoms with van der Waals surface area (Å²) in [5.74, 6) is -2.46. The molecule has 272 valence electrons. The number of carboxylic acids is 1. The summed E-state index contributed by atoms with van der Waals surface area (Å²) in [7, 11) is 0. The third-order valence-electron chi connectivity index (χ3n) is 7.27. The number of carbonyl (C=O) groups is 5. The lowest BCUT2D eigenvalue weighted by molar-refractivity contribution is -0.166. The highest BCUT2D eigenvalue weighted by Gasteiger charge is 2.32. The van der Waals surface area contributed by atoms with Gasteiger partial charge in [-0.3, -0.25) is 14.4 Å². The summed E-state index contributed by atoms with van der Waals surface area (Å²) in [5.41, 5.74) is 6.85. The van der Waals surface area contributed by atoms with Crippen molar-refractivity contribution in [3.63, 3.8) is 0 Å². The number of nitrogens with one attached hydrogen (secondary N) is 3. The van der Waals surface area contributed by atoms with Crippen molar-refractivity contribution in [3.05, 3.63) is 29.3 Å². The van der Waals surface area contributed by atoms with Gasteiger partial charge in [-0.15, -0.1) is 0 Å². The molecule has 0 radical (unpaired) electrons. The third kappa shape index (κ3) is 17.4. The fraction of sp³-hybridized carbons (Fsp3) is 0.667. The van der Waals surface area contributed by atoms with E-state index < -0.39 is 48.3 Å². The van der Waals surface area contributed by atoms with Gasteiger partial charge in [0.1, 0.15) is 12.6 Å². The molecule has 15 nitrogen and oxygen atoms in total. The van der Waals surface area contributed by atoms with Crippen LogP contribution in [0.25, 0.3) is 0 Å². The minimum absolute atomic E-state index is 0.00379. The Bertz CT molecular complexity index is 1220. The van der Waals surface area contributed by atoms with Crippen LogP contribution in [0.5, 0.6) is 0 Å². The SMILES string of the molecule is CC(C)(N)CCO.CC(C)CC(=O)NC(C(=O)NCC(=O)Nc1ccc(COC(=O)O)c(CCC2CC(O)CC(C(=O)O)O2)c1)C(C)C. The van der Waals surface area contributed by atoms with E-state index in [2.05, 4.69) is 16.0 Å². The van der Waals surface area contributed by atoms with E-state index in [4.69, 9.17) is 25.4 Å². The molecular weight excluding hydrogens is 628 g/mol. The largest absolute Gasteiger partial charge is 0.506 e. The molecule has 4 unspecified atom stereocenters. The first-order chi connectivity index (χ1) is 22.3. The Labute approximate surface area is 281 Å². The molecular formula is C33H54N4O11. The highest BCUT2D eigenvalue weighted by atomic mass is 16.7. The van der Waals surface area contributed by atoms with Crippen LogP contribution in [0.15, 0.2) is 18.2 Å². The number of carboxylic acid groups (broad SMARTS) is 2. The Hall–Kier alpha value is -3.79. The quantitative estimate of drug-likeness (QED) is 0.117. The highest BCUT2D eigenvalue weighted by Crippen LogP contribution is 2.26. The summed E-state index contributed by atoms with van der Waals surface area (Å²) >= 11 is 0. The minimum atomic E-state index is -1.45. The summed E-state index contributed by atoms with van der Waals surface area (Å²) in [4.78, 5) is 59.7. The predicted molar refractivity (Wildman–Crippen MR) is 177 cm³/mol.